The minimum absolute atomic E-state index is 0.121. The summed E-state index contributed by atoms with van der Waals surface area (Å²) in [6.07, 6.45) is 0.350. The minimum atomic E-state index is 0.121. The van der Waals surface area contributed by atoms with Gasteiger partial charge >= 0.3 is 0 Å². The molecular formula is C16H21ClN6O. The molecule has 0 spiro atoms. The fourth-order valence-corrected chi connectivity index (χ4v) is 3.23. The summed E-state index contributed by atoms with van der Waals surface area (Å²) in [7, 11) is 1.84. The molecule has 1 amide bonds. The van der Waals surface area contributed by atoms with E-state index in [0.717, 1.165) is 24.5 Å². The number of nitrogens with zero attached hydrogens (tertiary/aromatic N) is 6. The highest BCUT2D eigenvalue weighted by Crippen LogP contribution is 2.20. The number of carbonyl (C=O) groups excluding carboxylic acids is 1. The number of tetrazole rings is 1. The quantitative estimate of drug-likeness (QED) is 0.833. The van der Waals surface area contributed by atoms with E-state index in [1.165, 1.54) is 0 Å². The third-order valence-electron chi connectivity index (χ3n) is 4.54. The Hall–Kier alpha value is -1.99. The Bertz CT molecular complexity index is 710. The van der Waals surface area contributed by atoms with Crippen LogP contribution in [0.15, 0.2) is 24.3 Å². The van der Waals surface area contributed by atoms with Crippen molar-refractivity contribution in [3.8, 4) is 0 Å². The largest absolute Gasteiger partial charge is 0.340 e. The summed E-state index contributed by atoms with van der Waals surface area (Å²) in [5.41, 5.74) is 0.880. The van der Waals surface area contributed by atoms with Gasteiger partial charge in [-0.2, -0.15) is 0 Å². The molecule has 0 aliphatic carbocycles. The van der Waals surface area contributed by atoms with Crippen LogP contribution in [0.4, 0.5) is 0 Å². The Morgan fingerprint density at radius 3 is 2.58 bits per heavy atom. The highest BCUT2D eigenvalue weighted by atomic mass is 35.5. The van der Waals surface area contributed by atoms with Gasteiger partial charge in [-0.05, 0) is 29.0 Å². The van der Waals surface area contributed by atoms with E-state index in [1.54, 1.807) is 4.68 Å². The minimum Gasteiger partial charge on any atom is -0.340 e. The Morgan fingerprint density at radius 1 is 1.25 bits per heavy atom. The molecule has 1 aromatic carbocycles. The summed E-state index contributed by atoms with van der Waals surface area (Å²) < 4.78 is 1.69. The predicted molar refractivity (Wildman–Crippen MR) is 90.5 cm³/mol. The SMILES string of the molecule is C[C@@H](c1nnnn1C)N1CCN(C(=O)Cc2ccccc2Cl)CC1. The molecule has 0 N–H and O–H groups in total. The zero-order valence-corrected chi connectivity index (χ0v) is 14.6. The summed E-state index contributed by atoms with van der Waals surface area (Å²) in [5, 5.41) is 12.3. The maximum Gasteiger partial charge on any atom is 0.227 e. The van der Waals surface area contributed by atoms with Gasteiger partial charge in [0, 0.05) is 38.2 Å². The number of hydrogen-bond donors (Lipinski definition) is 0. The lowest BCUT2D eigenvalue weighted by molar-refractivity contribution is -0.132. The van der Waals surface area contributed by atoms with E-state index in [0.29, 0.717) is 24.5 Å². The fourth-order valence-electron chi connectivity index (χ4n) is 3.03. The van der Waals surface area contributed by atoms with E-state index in [4.69, 9.17) is 11.6 Å². The number of amides is 1. The molecule has 1 fully saturated rings. The molecule has 3 rings (SSSR count). The molecule has 8 heteroatoms. The average molecular weight is 349 g/mol. The van der Waals surface area contributed by atoms with Crippen molar-refractivity contribution < 1.29 is 4.79 Å². The van der Waals surface area contributed by atoms with Crippen LogP contribution in [0.3, 0.4) is 0 Å². The lowest BCUT2D eigenvalue weighted by atomic mass is 10.1. The second kappa shape index (κ2) is 7.27. The topological polar surface area (TPSA) is 67.2 Å². The summed E-state index contributed by atoms with van der Waals surface area (Å²) in [6.45, 7) is 5.12. The monoisotopic (exact) mass is 348 g/mol. The first-order valence-corrected chi connectivity index (χ1v) is 8.41. The van der Waals surface area contributed by atoms with Crippen molar-refractivity contribution in [2.45, 2.75) is 19.4 Å². The number of rotatable bonds is 4. The van der Waals surface area contributed by atoms with Crippen LogP contribution in [-0.2, 0) is 18.3 Å². The smallest absolute Gasteiger partial charge is 0.227 e. The third kappa shape index (κ3) is 3.57. The van der Waals surface area contributed by atoms with E-state index in [1.807, 2.05) is 36.2 Å². The Kier molecular flexibility index (Phi) is 5.11. The van der Waals surface area contributed by atoms with Gasteiger partial charge in [-0.1, -0.05) is 29.8 Å². The zero-order valence-electron chi connectivity index (χ0n) is 13.9. The maximum atomic E-state index is 12.5. The third-order valence-corrected chi connectivity index (χ3v) is 4.91. The Balaban J connectivity index is 1.56. The van der Waals surface area contributed by atoms with Crippen molar-refractivity contribution in [2.24, 2.45) is 7.05 Å². The molecule has 1 saturated heterocycles. The van der Waals surface area contributed by atoms with Gasteiger partial charge < -0.3 is 4.90 Å². The molecule has 24 heavy (non-hydrogen) atoms. The standard InChI is InChI=1S/C16H21ClN6O/c1-12(16-18-19-20-21(16)2)22-7-9-23(10-8-22)15(24)11-13-5-3-4-6-14(13)17/h3-6,12H,7-11H2,1-2H3/t12-/m0/s1. The van der Waals surface area contributed by atoms with Crippen LogP contribution in [0.5, 0.6) is 0 Å². The van der Waals surface area contributed by atoms with E-state index >= 15 is 0 Å². The Labute approximate surface area is 146 Å². The van der Waals surface area contributed by atoms with Crippen LogP contribution in [0, 0.1) is 0 Å². The summed E-state index contributed by atoms with van der Waals surface area (Å²) in [4.78, 5) is 16.7. The molecule has 1 atom stereocenters. The van der Waals surface area contributed by atoms with Crippen molar-refractivity contribution in [1.82, 2.24) is 30.0 Å². The van der Waals surface area contributed by atoms with Gasteiger partial charge in [-0.15, -0.1) is 5.10 Å². The molecule has 0 saturated carbocycles. The van der Waals surface area contributed by atoms with E-state index in [2.05, 4.69) is 27.3 Å². The second-order valence-corrected chi connectivity index (χ2v) is 6.43. The van der Waals surface area contributed by atoms with Gasteiger partial charge in [0.1, 0.15) is 0 Å². The molecule has 0 radical (unpaired) electrons. The summed E-state index contributed by atoms with van der Waals surface area (Å²) >= 11 is 6.14. The molecule has 128 valence electrons. The number of aromatic nitrogens is 4. The van der Waals surface area contributed by atoms with Crippen molar-refractivity contribution in [1.29, 1.82) is 0 Å². The first kappa shape index (κ1) is 16.9. The van der Waals surface area contributed by atoms with Crippen molar-refractivity contribution in [3.05, 3.63) is 40.7 Å². The van der Waals surface area contributed by atoms with Crippen LogP contribution in [0.25, 0.3) is 0 Å². The van der Waals surface area contributed by atoms with Crippen molar-refractivity contribution >= 4 is 17.5 Å². The van der Waals surface area contributed by atoms with Gasteiger partial charge in [-0.25, -0.2) is 4.68 Å². The van der Waals surface area contributed by atoms with Gasteiger partial charge in [0.25, 0.3) is 0 Å². The number of carbonyl (C=O) groups is 1. The first-order chi connectivity index (χ1) is 11.6. The number of halogens is 1. The fraction of sp³-hybridized carbons (Fsp3) is 0.500. The van der Waals surface area contributed by atoms with Crippen LogP contribution in [0.1, 0.15) is 24.4 Å². The van der Waals surface area contributed by atoms with Crippen LogP contribution >= 0.6 is 11.6 Å². The van der Waals surface area contributed by atoms with Gasteiger partial charge in [0.05, 0.1) is 12.5 Å². The van der Waals surface area contributed by atoms with Gasteiger partial charge in [0.2, 0.25) is 5.91 Å². The molecule has 1 aliphatic heterocycles. The number of benzene rings is 1. The number of piperazine rings is 1. The molecule has 0 unspecified atom stereocenters. The van der Waals surface area contributed by atoms with E-state index in [9.17, 15) is 4.79 Å². The summed E-state index contributed by atoms with van der Waals surface area (Å²) in [6, 6.07) is 7.63. The lowest BCUT2D eigenvalue weighted by Crippen LogP contribution is -2.50. The van der Waals surface area contributed by atoms with Crippen molar-refractivity contribution in [3.63, 3.8) is 0 Å². The molecule has 1 aromatic heterocycles. The molecule has 2 aromatic rings. The molecular weight excluding hydrogens is 328 g/mol. The average Bonchev–Trinajstić information content (AvgIpc) is 3.02. The lowest BCUT2D eigenvalue weighted by Gasteiger charge is -2.37. The zero-order chi connectivity index (χ0) is 17.1. The normalized spacial score (nSPS) is 17.0. The molecule has 2 heterocycles. The van der Waals surface area contributed by atoms with Crippen LogP contribution in [0.2, 0.25) is 5.02 Å². The Morgan fingerprint density at radius 2 is 1.96 bits per heavy atom. The molecule has 7 nitrogen and oxygen atoms in total. The molecule has 1 aliphatic rings. The molecule has 0 bridgehead atoms. The predicted octanol–water partition coefficient (Wildman–Crippen LogP) is 1.31. The second-order valence-electron chi connectivity index (χ2n) is 6.02. The van der Waals surface area contributed by atoms with Crippen molar-refractivity contribution in [2.75, 3.05) is 26.2 Å². The van der Waals surface area contributed by atoms with Gasteiger partial charge in [-0.3, -0.25) is 9.69 Å². The number of aryl methyl sites for hydroxylation is 1. The first-order valence-electron chi connectivity index (χ1n) is 8.03. The highest BCUT2D eigenvalue weighted by molar-refractivity contribution is 6.31. The van der Waals surface area contributed by atoms with Crippen LogP contribution in [-0.4, -0.2) is 62.1 Å². The maximum absolute atomic E-state index is 12.5. The van der Waals surface area contributed by atoms with E-state index < -0.39 is 0 Å². The van der Waals surface area contributed by atoms with Gasteiger partial charge in [0.15, 0.2) is 5.82 Å². The summed E-state index contributed by atoms with van der Waals surface area (Å²) in [5.74, 6) is 0.960. The number of hydrogen-bond acceptors (Lipinski definition) is 5. The highest BCUT2D eigenvalue weighted by Gasteiger charge is 2.27. The van der Waals surface area contributed by atoms with Crippen LogP contribution < -0.4 is 0 Å². The van der Waals surface area contributed by atoms with E-state index in [-0.39, 0.29) is 11.9 Å².